The predicted octanol–water partition coefficient (Wildman–Crippen LogP) is 4.80. The van der Waals surface area contributed by atoms with E-state index < -0.39 is 0 Å². The molecule has 0 amide bonds. The normalized spacial score (nSPS) is 12.6. The van der Waals surface area contributed by atoms with Crippen LogP contribution >= 0.6 is 23.2 Å². The number of rotatable bonds is 3. The summed E-state index contributed by atoms with van der Waals surface area (Å²) in [6.07, 6.45) is 0. The van der Waals surface area contributed by atoms with Gasteiger partial charge >= 0.3 is 0 Å². The van der Waals surface area contributed by atoms with Crippen LogP contribution in [0.15, 0.2) is 46.9 Å². The molecule has 3 nitrogen and oxygen atoms in total. The molecular weight excluding hydrogens is 309 g/mol. The molecule has 2 aromatic carbocycles. The van der Waals surface area contributed by atoms with Crippen molar-refractivity contribution in [2.24, 2.45) is 5.73 Å². The maximum atomic E-state index is 6.25. The monoisotopic (exact) mass is 321 g/mol. The van der Waals surface area contributed by atoms with Crippen molar-refractivity contribution < 1.29 is 9.15 Å². The Bertz CT molecular complexity index is 781. The highest BCUT2D eigenvalue weighted by atomic mass is 35.5. The van der Waals surface area contributed by atoms with Gasteiger partial charge in [-0.3, -0.25) is 0 Å². The van der Waals surface area contributed by atoms with Crippen LogP contribution in [0.2, 0.25) is 10.0 Å². The second kappa shape index (κ2) is 5.60. The van der Waals surface area contributed by atoms with E-state index in [2.05, 4.69) is 0 Å². The molecule has 0 aliphatic heterocycles. The zero-order valence-corrected chi connectivity index (χ0v) is 12.8. The Morgan fingerprint density at radius 2 is 1.76 bits per heavy atom. The highest BCUT2D eigenvalue weighted by Gasteiger charge is 2.17. The van der Waals surface area contributed by atoms with Crippen LogP contribution in [0.5, 0.6) is 5.75 Å². The molecule has 0 saturated heterocycles. The molecule has 3 aromatic rings. The molecule has 0 bridgehead atoms. The van der Waals surface area contributed by atoms with E-state index >= 15 is 0 Å². The van der Waals surface area contributed by atoms with Crippen molar-refractivity contribution in [2.75, 3.05) is 7.11 Å². The summed E-state index contributed by atoms with van der Waals surface area (Å²) in [6.45, 7) is 0. The first-order valence-corrected chi connectivity index (χ1v) is 7.12. The molecule has 1 heterocycles. The van der Waals surface area contributed by atoms with Gasteiger partial charge in [0.15, 0.2) is 11.3 Å². The van der Waals surface area contributed by atoms with Gasteiger partial charge in [0, 0.05) is 21.5 Å². The van der Waals surface area contributed by atoms with E-state index in [0.29, 0.717) is 27.1 Å². The summed E-state index contributed by atoms with van der Waals surface area (Å²) < 4.78 is 11.1. The standard InChI is InChI=1S/C16H13Cl2NO2/c1-20-14-8-12(18)6-10-7-13(21-16(10)14)15(19)9-2-4-11(17)5-3-9/h2-8,15H,19H2,1H3. The van der Waals surface area contributed by atoms with Gasteiger partial charge in [-0.15, -0.1) is 0 Å². The zero-order valence-electron chi connectivity index (χ0n) is 11.3. The topological polar surface area (TPSA) is 48.4 Å². The van der Waals surface area contributed by atoms with E-state index in [1.165, 1.54) is 0 Å². The van der Waals surface area contributed by atoms with Crippen LogP contribution in [0.4, 0.5) is 0 Å². The van der Waals surface area contributed by atoms with Crippen LogP contribution in [-0.2, 0) is 0 Å². The molecule has 3 rings (SSSR count). The van der Waals surface area contributed by atoms with Crippen LogP contribution in [-0.4, -0.2) is 7.11 Å². The molecule has 0 saturated carbocycles. The van der Waals surface area contributed by atoms with Gasteiger partial charge in [-0.25, -0.2) is 0 Å². The molecule has 1 aromatic heterocycles. The molecule has 0 aliphatic rings. The van der Waals surface area contributed by atoms with Gasteiger partial charge < -0.3 is 14.9 Å². The minimum absolute atomic E-state index is 0.377. The lowest BCUT2D eigenvalue weighted by molar-refractivity contribution is 0.406. The Morgan fingerprint density at radius 1 is 1.05 bits per heavy atom. The van der Waals surface area contributed by atoms with Crippen molar-refractivity contribution in [3.63, 3.8) is 0 Å². The quantitative estimate of drug-likeness (QED) is 0.754. The maximum Gasteiger partial charge on any atom is 0.176 e. The highest BCUT2D eigenvalue weighted by Crippen LogP contribution is 2.35. The Balaban J connectivity index is 2.06. The maximum absolute atomic E-state index is 6.25. The van der Waals surface area contributed by atoms with Crippen LogP contribution in [0, 0.1) is 0 Å². The molecule has 0 spiro atoms. The van der Waals surface area contributed by atoms with Crippen molar-refractivity contribution in [3.8, 4) is 5.75 Å². The van der Waals surface area contributed by atoms with Gasteiger partial charge in [-0.2, -0.15) is 0 Å². The number of fused-ring (bicyclic) bond motifs is 1. The number of benzene rings is 2. The SMILES string of the molecule is COc1cc(Cl)cc2cc(C(N)c3ccc(Cl)cc3)oc12. The van der Waals surface area contributed by atoms with Gasteiger partial charge in [0.05, 0.1) is 13.2 Å². The number of hydrogen-bond acceptors (Lipinski definition) is 3. The van der Waals surface area contributed by atoms with Crippen LogP contribution in [0.1, 0.15) is 17.4 Å². The van der Waals surface area contributed by atoms with Crippen molar-refractivity contribution in [3.05, 3.63) is 63.8 Å². The van der Waals surface area contributed by atoms with Crippen molar-refractivity contribution in [2.45, 2.75) is 6.04 Å². The van der Waals surface area contributed by atoms with Gasteiger partial charge in [-0.1, -0.05) is 35.3 Å². The third kappa shape index (κ3) is 2.72. The third-order valence-corrected chi connectivity index (χ3v) is 3.79. The lowest BCUT2D eigenvalue weighted by Gasteiger charge is -2.08. The van der Waals surface area contributed by atoms with E-state index in [0.717, 1.165) is 10.9 Å². The van der Waals surface area contributed by atoms with Gasteiger partial charge in [-0.05, 0) is 29.8 Å². The third-order valence-electron chi connectivity index (χ3n) is 3.32. The molecule has 0 radical (unpaired) electrons. The van der Waals surface area contributed by atoms with E-state index in [4.69, 9.17) is 38.1 Å². The first kappa shape index (κ1) is 14.3. The van der Waals surface area contributed by atoms with Gasteiger partial charge in [0.2, 0.25) is 0 Å². The first-order valence-electron chi connectivity index (χ1n) is 6.36. The van der Waals surface area contributed by atoms with E-state index in [1.807, 2.05) is 24.3 Å². The molecule has 0 fully saturated rings. The van der Waals surface area contributed by atoms with Crippen molar-refractivity contribution in [1.29, 1.82) is 0 Å². The average Bonchev–Trinajstić information content (AvgIpc) is 2.90. The fourth-order valence-electron chi connectivity index (χ4n) is 2.25. The molecule has 0 aliphatic carbocycles. The van der Waals surface area contributed by atoms with Crippen molar-refractivity contribution in [1.82, 2.24) is 0 Å². The van der Waals surface area contributed by atoms with E-state index in [-0.39, 0.29) is 6.04 Å². The first-order chi connectivity index (χ1) is 10.1. The average molecular weight is 322 g/mol. The lowest BCUT2D eigenvalue weighted by atomic mass is 10.1. The predicted molar refractivity (Wildman–Crippen MR) is 85.3 cm³/mol. The Kier molecular flexibility index (Phi) is 3.81. The number of methoxy groups -OCH3 is 1. The summed E-state index contributed by atoms with van der Waals surface area (Å²) in [5.41, 5.74) is 7.81. The second-order valence-corrected chi connectivity index (χ2v) is 5.58. The molecule has 1 unspecified atom stereocenters. The zero-order chi connectivity index (χ0) is 15.0. The van der Waals surface area contributed by atoms with E-state index in [9.17, 15) is 0 Å². The Hall–Kier alpha value is -1.68. The largest absolute Gasteiger partial charge is 0.493 e. The molecular formula is C16H13Cl2NO2. The second-order valence-electron chi connectivity index (χ2n) is 4.70. The number of hydrogen-bond donors (Lipinski definition) is 1. The number of nitrogens with two attached hydrogens (primary N) is 1. The summed E-state index contributed by atoms with van der Waals surface area (Å²) >= 11 is 11.9. The summed E-state index contributed by atoms with van der Waals surface area (Å²) in [4.78, 5) is 0. The molecule has 108 valence electrons. The van der Waals surface area contributed by atoms with Gasteiger partial charge in [0.25, 0.3) is 0 Å². The molecule has 5 heteroatoms. The Morgan fingerprint density at radius 3 is 2.43 bits per heavy atom. The number of furan rings is 1. The number of ether oxygens (including phenoxy) is 1. The summed E-state index contributed by atoms with van der Waals surface area (Å²) in [7, 11) is 1.58. The lowest BCUT2D eigenvalue weighted by Crippen LogP contribution is -2.10. The highest BCUT2D eigenvalue weighted by molar-refractivity contribution is 6.31. The molecule has 21 heavy (non-hydrogen) atoms. The minimum Gasteiger partial charge on any atom is -0.493 e. The Labute approximate surface area is 132 Å². The summed E-state index contributed by atoms with van der Waals surface area (Å²) in [5, 5.41) is 2.12. The summed E-state index contributed by atoms with van der Waals surface area (Å²) in [5.74, 6) is 1.24. The minimum atomic E-state index is -0.377. The van der Waals surface area contributed by atoms with Crippen LogP contribution in [0.25, 0.3) is 11.0 Å². The fraction of sp³-hybridized carbons (Fsp3) is 0.125. The molecule has 1 atom stereocenters. The number of halogens is 2. The molecule has 2 N–H and O–H groups in total. The summed E-state index contributed by atoms with van der Waals surface area (Å²) in [6, 6.07) is 12.4. The van der Waals surface area contributed by atoms with E-state index in [1.54, 1.807) is 25.3 Å². The van der Waals surface area contributed by atoms with Gasteiger partial charge in [0.1, 0.15) is 5.76 Å². The smallest absolute Gasteiger partial charge is 0.176 e. The fourth-order valence-corrected chi connectivity index (χ4v) is 2.59. The van der Waals surface area contributed by atoms with Crippen LogP contribution < -0.4 is 10.5 Å². The van der Waals surface area contributed by atoms with Crippen LogP contribution in [0.3, 0.4) is 0 Å². The van der Waals surface area contributed by atoms with Crippen molar-refractivity contribution >= 4 is 34.2 Å².